The predicted octanol–water partition coefficient (Wildman–Crippen LogP) is 2.22. The number of hydrogen-bond acceptors (Lipinski definition) is 4. The highest BCUT2D eigenvalue weighted by Crippen LogP contribution is 2.31. The average Bonchev–Trinajstić information content (AvgIpc) is 2.70. The van der Waals surface area contributed by atoms with Crippen LogP contribution in [0, 0.1) is 5.92 Å². The van der Waals surface area contributed by atoms with Gasteiger partial charge in [-0.15, -0.1) is 0 Å². The lowest BCUT2D eigenvalue weighted by molar-refractivity contribution is -0.151. The first-order valence-corrected chi connectivity index (χ1v) is 6.28. The van der Waals surface area contributed by atoms with Gasteiger partial charge in [-0.05, 0) is 25.7 Å². The third-order valence-corrected chi connectivity index (χ3v) is 3.11. The Morgan fingerprint density at radius 3 is 2.21 bits per heavy atom. The van der Waals surface area contributed by atoms with Gasteiger partial charge in [0.05, 0.1) is 0 Å². The van der Waals surface area contributed by atoms with Crippen molar-refractivity contribution in [3.05, 3.63) is 23.8 Å². The highest BCUT2D eigenvalue weighted by Gasteiger charge is 2.30. The van der Waals surface area contributed by atoms with Crippen molar-refractivity contribution in [2.45, 2.75) is 39.0 Å². The van der Waals surface area contributed by atoms with Gasteiger partial charge in [0.1, 0.15) is 0 Å². The lowest BCUT2D eigenvalue weighted by Gasteiger charge is -2.20. The van der Waals surface area contributed by atoms with E-state index < -0.39 is 17.9 Å². The van der Waals surface area contributed by atoms with E-state index in [9.17, 15) is 14.4 Å². The van der Waals surface area contributed by atoms with Gasteiger partial charge in [-0.3, -0.25) is 0 Å². The Morgan fingerprint density at radius 2 is 1.84 bits per heavy atom. The highest BCUT2D eigenvalue weighted by atomic mass is 16.6. The van der Waals surface area contributed by atoms with Crippen LogP contribution in [0.3, 0.4) is 0 Å². The maximum atomic E-state index is 11.2. The molecule has 0 radical (unpaired) electrons. The van der Waals surface area contributed by atoms with Crippen LogP contribution in [0.25, 0.3) is 0 Å². The van der Waals surface area contributed by atoms with E-state index in [0.717, 1.165) is 25.7 Å². The molecule has 0 saturated heterocycles. The van der Waals surface area contributed by atoms with E-state index in [4.69, 9.17) is 5.11 Å². The monoisotopic (exact) mass is 266 g/mol. The molecule has 5 heteroatoms. The van der Waals surface area contributed by atoms with E-state index in [0.29, 0.717) is 5.57 Å². The zero-order valence-corrected chi connectivity index (χ0v) is 11.0. The summed E-state index contributed by atoms with van der Waals surface area (Å²) in [5, 5.41) is 7.89. The van der Waals surface area contributed by atoms with Gasteiger partial charge in [0.25, 0.3) is 0 Å². The van der Waals surface area contributed by atoms with Crippen LogP contribution >= 0.6 is 0 Å². The van der Waals surface area contributed by atoms with Gasteiger partial charge in [-0.1, -0.05) is 25.8 Å². The topological polar surface area (TPSA) is 80.7 Å². The van der Waals surface area contributed by atoms with Crippen LogP contribution in [0.15, 0.2) is 23.8 Å². The second-order valence-corrected chi connectivity index (χ2v) is 4.73. The van der Waals surface area contributed by atoms with Crippen molar-refractivity contribution in [2.75, 3.05) is 0 Å². The summed E-state index contributed by atoms with van der Waals surface area (Å²) >= 11 is 0. The molecule has 0 bridgehead atoms. The fourth-order valence-corrected chi connectivity index (χ4v) is 2.06. The lowest BCUT2D eigenvalue weighted by atomic mass is 9.84. The zero-order chi connectivity index (χ0) is 14.4. The third kappa shape index (κ3) is 4.69. The first kappa shape index (κ1) is 15.1. The molecule has 0 aromatic heterocycles. The smallest absolute Gasteiger partial charge is 0.342 e. The Hall–Kier alpha value is -1.91. The van der Waals surface area contributed by atoms with Crippen LogP contribution in [0.4, 0.5) is 0 Å². The Balaban J connectivity index is 0.000000258. The largest absolute Gasteiger partial charge is 0.478 e. The minimum atomic E-state index is -0.935. The molecule has 0 atom stereocenters. The zero-order valence-electron chi connectivity index (χ0n) is 11.0. The van der Waals surface area contributed by atoms with Gasteiger partial charge in [0.15, 0.2) is 0 Å². The molecule has 0 aromatic rings. The third-order valence-electron chi connectivity index (χ3n) is 3.11. The molecule has 1 aliphatic heterocycles. The van der Waals surface area contributed by atoms with Crippen LogP contribution in [0.1, 0.15) is 39.0 Å². The maximum absolute atomic E-state index is 11.2. The number of ether oxygens (including phenoxy) is 1. The molecular formula is C14H18O5. The second-order valence-electron chi connectivity index (χ2n) is 4.73. The van der Waals surface area contributed by atoms with Gasteiger partial charge in [-0.25, -0.2) is 14.4 Å². The number of esters is 2. The predicted molar refractivity (Wildman–Crippen MR) is 68.2 cm³/mol. The normalized spacial score (nSPS) is 19.1. The van der Waals surface area contributed by atoms with E-state index in [1.807, 2.05) is 0 Å². The summed E-state index contributed by atoms with van der Waals surface area (Å²) in [6.45, 7) is 4.60. The van der Waals surface area contributed by atoms with Crippen LogP contribution < -0.4 is 0 Å². The molecule has 1 fully saturated rings. The van der Waals surface area contributed by atoms with Gasteiger partial charge < -0.3 is 9.84 Å². The molecule has 1 N–H and O–H groups in total. The number of cyclic esters (lactones) is 2. The van der Waals surface area contributed by atoms with E-state index in [2.05, 4.69) is 11.3 Å². The SMILES string of the molecule is C=C(C)C(=O)O.O=C1C=C(C2CCCCC2)C(=O)O1. The molecular weight excluding hydrogens is 248 g/mol. The Kier molecular flexibility index (Phi) is 5.48. The summed E-state index contributed by atoms with van der Waals surface area (Å²) in [5.41, 5.74) is 0.778. The molecule has 0 aromatic carbocycles. The van der Waals surface area contributed by atoms with Crippen molar-refractivity contribution in [1.29, 1.82) is 0 Å². The van der Waals surface area contributed by atoms with Gasteiger partial charge in [0.2, 0.25) is 0 Å². The van der Waals surface area contributed by atoms with Crippen LogP contribution in [0.2, 0.25) is 0 Å². The summed E-state index contributed by atoms with van der Waals surface area (Å²) in [7, 11) is 0. The summed E-state index contributed by atoms with van der Waals surface area (Å²) in [6.07, 6.45) is 6.96. The van der Waals surface area contributed by atoms with Crippen molar-refractivity contribution in [3.63, 3.8) is 0 Å². The summed E-state index contributed by atoms with van der Waals surface area (Å²) in [5.74, 6) is -1.58. The molecule has 1 aliphatic carbocycles. The lowest BCUT2D eigenvalue weighted by Crippen LogP contribution is -2.14. The van der Waals surface area contributed by atoms with Crippen molar-refractivity contribution in [1.82, 2.24) is 0 Å². The molecule has 0 amide bonds. The van der Waals surface area contributed by atoms with Crippen LogP contribution in [0.5, 0.6) is 0 Å². The minimum absolute atomic E-state index is 0.176. The van der Waals surface area contributed by atoms with Crippen LogP contribution in [-0.2, 0) is 19.1 Å². The molecule has 1 heterocycles. The number of carboxylic acid groups (broad SMARTS) is 1. The molecule has 2 rings (SSSR count). The molecule has 19 heavy (non-hydrogen) atoms. The van der Waals surface area contributed by atoms with Crippen molar-refractivity contribution in [3.8, 4) is 0 Å². The number of carbonyl (C=O) groups excluding carboxylic acids is 2. The minimum Gasteiger partial charge on any atom is -0.478 e. The molecule has 5 nitrogen and oxygen atoms in total. The Bertz CT molecular complexity index is 415. The van der Waals surface area contributed by atoms with E-state index >= 15 is 0 Å². The second kappa shape index (κ2) is 6.87. The van der Waals surface area contributed by atoms with Gasteiger partial charge in [-0.2, -0.15) is 0 Å². The van der Waals surface area contributed by atoms with Crippen molar-refractivity contribution < 1.29 is 24.2 Å². The standard InChI is InChI=1S/C10H12O3.C4H6O2/c11-9-6-8(10(12)13-9)7-4-2-1-3-5-7;1-3(2)4(5)6/h6-7H,1-5H2;1H2,2H3,(H,5,6). The maximum Gasteiger partial charge on any atom is 0.342 e. The number of carboxylic acids is 1. The van der Waals surface area contributed by atoms with Crippen molar-refractivity contribution >= 4 is 17.9 Å². The molecule has 2 aliphatic rings. The molecule has 104 valence electrons. The summed E-state index contributed by atoms with van der Waals surface area (Å²) in [6, 6.07) is 0. The summed E-state index contributed by atoms with van der Waals surface area (Å²) in [4.78, 5) is 31.6. The number of rotatable bonds is 2. The van der Waals surface area contributed by atoms with E-state index in [1.54, 1.807) is 0 Å². The first-order chi connectivity index (χ1) is 8.91. The van der Waals surface area contributed by atoms with Gasteiger partial charge in [0, 0.05) is 17.2 Å². The fourth-order valence-electron chi connectivity index (χ4n) is 2.06. The van der Waals surface area contributed by atoms with E-state index in [-0.39, 0.29) is 11.5 Å². The van der Waals surface area contributed by atoms with Crippen LogP contribution in [-0.4, -0.2) is 23.0 Å². The number of aliphatic carboxylic acids is 1. The fraction of sp³-hybridized carbons (Fsp3) is 0.500. The summed E-state index contributed by atoms with van der Waals surface area (Å²) < 4.78 is 4.46. The van der Waals surface area contributed by atoms with Crippen molar-refractivity contribution in [2.24, 2.45) is 5.92 Å². The molecule has 0 spiro atoms. The van der Waals surface area contributed by atoms with Gasteiger partial charge >= 0.3 is 17.9 Å². The van der Waals surface area contributed by atoms with E-state index in [1.165, 1.54) is 19.4 Å². The Morgan fingerprint density at radius 1 is 1.32 bits per heavy atom. The molecule has 0 unspecified atom stereocenters. The quantitative estimate of drug-likeness (QED) is 0.471. The molecule has 1 saturated carbocycles. The highest BCUT2D eigenvalue weighted by molar-refractivity contribution is 6.09. The first-order valence-electron chi connectivity index (χ1n) is 6.28. The Labute approximate surface area is 111 Å². The number of hydrogen-bond donors (Lipinski definition) is 1. The average molecular weight is 266 g/mol. The number of carbonyl (C=O) groups is 3.